The first kappa shape index (κ1) is 13.5. The maximum atomic E-state index is 12.8. The first-order chi connectivity index (χ1) is 9.50. The molecule has 0 fully saturated rings. The van der Waals surface area contributed by atoms with Gasteiger partial charge in [0.1, 0.15) is 5.69 Å². The monoisotopic (exact) mass is 310 g/mol. The van der Waals surface area contributed by atoms with E-state index in [-0.39, 0.29) is 0 Å². The molecule has 1 aliphatic heterocycles. The number of hydrogen-bond donors (Lipinski definition) is 0. The van der Waals surface area contributed by atoms with E-state index >= 15 is 0 Å². The maximum absolute atomic E-state index is 12.8. The van der Waals surface area contributed by atoms with Crippen LogP contribution in [0.15, 0.2) is 17.0 Å². The Morgan fingerprint density at radius 1 is 1.20 bits per heavy atom. The molecule has 0 bridgehead atoms. The molecule has 1 atom stereocenters. The van der Waals surface area contributed by atoms with Crippen LogP contribution >= 0.6 is 11.5 Å². The Kier molecular flexibility index (Phi) is 3.06. The Morgan fingerprint density at radius 2 is 1.85 bits per heavy atom. The summed E-state index contributed by atoms with van der Waals surface area (Å²) >= 11 is 1.30. The van der Waals surface area contributed by atoms with Crippen molar-refractivity contribution in [1.29, 1.82) is 0 Å². The van der Waals surface area contributed by atoms with Gasteiger partial charge in [0.15, 0.2) is 11.5 Å². The van der Waals surface area contributed by atoms with E-state index in [1.807, 2.05) is 19.9 Å². The van der Waals surface area contributed by atoms with Gasteiger partial charge >= 0.3 is 0 Å². The predicted molar refractivity (Wildman–Crippen MR) is 77.9 cm³/mol. The number of ether oxygens (including phenoxy) is 2. The number of hydrogen-bond acceptors (Lipinski definition) is 6. The van der Waals surface area contributed by atoms with E-state index in [0.29, 0.717) is 16.4 Å². The van der Waals surface area contributed by atoms with Gasteiger partial charge in [-0.3, -0.25) is 4.21 Å². The average molecular weight is 310 g/mol. The summed E-state index contributed by atoms with van der Waals surface area (Å²) in [5.74, 6) is 1.17. The van der Waals surface area contributed by atoms with Crippen molar-refractivity contribution in [3.05, 3.63) is 17.0 Å². The summed E-state index contributed by atoms with van der Waals surface area (Å²) in [6.07, 6.45) is 0. The van der Waals surface area contributed by atoms with Gasteiger partial charge in [0.2, 0.25) is 0 Å². The van der Waals surface area contributed by atoms with Gasteiger partial charge in [-0.05, 0) is 31.4 Å². The van der Waals surface area contributed by atoms with E-state index < -0.39 is 15.5 Å². The van der Waals surface area contributed by atoms with Gasteiger partial charge in [-0.1, -0.05) is 4.49 Å². The van der Waals surface area contributed by atoms with Crippen LogP contribution in [-0.2, 0) is 15.5 Å². The zero-order valence-corrected chi connectivity index (χ0v) is 13.2. The zero-order chi connectivity index (χ0) is 14.5. The van der Waals surface area contributed by atoms with Gasteiger partial charge in [0.05, 0.1) is 39.5 Å². The van der Waals surface area contributed by atoms with E-state index in [2.05, 4.69) is 9.59 Å². The van der Waals surface area contributed by atoms with E-state index in [1.54, 1.807) is 20.3 Å². The fourth-order valence-electron chi connectivity index (χ4n) is 2.32. The van der Waals surface area contributed by atoms with Gasteiger partial charge < -0.3 is 9.47 Å². The smallest absolute Gasteiger partial charge is 0.161 e. The summed E-state index contributed by atoms with van der Waals surface area (Å²) in [5, 5.41) is 4.20. The molecule has 1 unspecified atom stereocenters. The molecule has 0 radical (unpaired) electrons. The first-order valence-corrected chi connectivity index (χ1v) is 7.94. The first-order valence-electron chi connectivity index (χ1n) is 6.01. The summed E-state index contributed by atoms with van der Waals surface area (Å²) in [5.41, 5.74) is 1.60. The van der Waals surface area contributed by atoms with Crippen molar-refractivity contribution in [3.8, 4) is 22.8 Å². The molecule has 3 rings (SSSR count). The van der Waals surface area contributed by atoms with Crippen molar-refractivity contribution in [2.24, 2.45) is 0 Å². The molecule has 1 aromatic heterocycles. The Bertz CT molecular complexity index is 710. The molecule has 7 heteroatoms. The quantitative estimate of drug-likeness (QED) is 0.853. The highest BCUT2D eigenvalue weighted by Crippen LogP contribution is 2.49. The number of fused-ring (bicyclic) bond motifs is 3. The van der Waals surface area contributed by atoms with Crippen LogP contribution in [0.2, 0.25) is 0 Å². The van der Waals surface area contributed by atoms with Crippen LogP contribution in [0.25, 0.3) is 11.3 Å². The number of benzene rings is 1. The molecule has 0 aliphatic carbocycles. The van der Waals surface area contributed by atoms with Crippen LogP contribution in [0.5, 0.6) is 11.5 Å². The lowest BCUT2D eigenvalue weighted by Gasteiger charge is -2.29. The van der Waals surface area contributed by atoms with Crippen LogP contribution < -0.4 is 9.47 Å². The molecule has 5 nitrogen and oxygen atoms in total. The zero-order valence-electron chi connectivity index (χ0n) is 11.6. The molecule has 0 spiro atoms. The maximum Gasteiger partial charge on any atom is 0.161 e. The van der Waals surface area contributed by atoms with Gasteiger partial charge in [0, 0.05) is 11.6 Å². The van der Waals surface area contributed by atoms with Crippen LogP contribution in [-0.4, -0.2) is 28.0 Å². The minimum Gasteiger partial charge on any atom is -0.493 e. The van der Waals surface area contributed by atoms with Gasteiger partial charge in [-0.15, -0.1) is 5.10 Å². The molecule has 0 N–H and O–H groups in total. The van der Waals surface area contributed by atoms with Crippen molar-refractivity contribution in [2.75, 3.05) is 14.2 Å². The highest BCUT2D eigenvalue weighted by atomic mass is 32.2. The number of aromatic nitrogens is 2. The van der Waals surface area contributed by atoms with Crippen molar-refractivity contribution in [1.82, 2.24) is 9.59 Å². The number of nitrogens with zero attached hydrogens (tertiary/aromatic N) is 2. The molecule has 1 aliphatic rings. The molecular formula is C13H14N2O3S2. The number of rotatable bonds is 2. The second-order valence-electron chi connectivity index (χ2n) is 4.93. The Morgan fingerprint density at radius 3 is 2.50 bits per heavy atom. The van der Waals surface area contributed by atoms with Crippen molar-refractivity contribution in [2.45, 2.75) is 23.5 Å². The van der Waals surface area contributed by atoms with E-state index in [0.717, 1.165) is 16.1 Å². The van der Waals surface area contributed by atoms with Crippen LogP contribution in [0.1, 0.15) is 18.7 Å². The molecule has 20 heavy (non-hydrogen) atoms. The molecule has 2 heterocycles. The Hall–Kier alpha value is -1.47. The van der Waals surface area contributed by atoms with Crippen molar-refractivity contribution < 1.29 is 13.7 Å². The minimum atomic E-state index is -1.19. The minimum absolute atomic E-state index is 0.504. The molecule has 106 valence electrons. The van der Waals surface area contributed by atoms with Gasteiger partial charge in [0.25, 0.3) is 0 Å². The van der Waals surface area contributed by atoms with Crippen molar-refractivity contribution >= 4 is 22.3 Å². The molecule has 1 aromatic carbocycles. The summed E-state index contributed by atoms with van der Waals surface area (Å²) in [4.78, 5) is 1.66. The predicted octanol–water partition coefficient (Wildman–Crippen LogP) is 2.58. The molecule has 2 aromatic rings. The Balaban J connectivity index is 2.34. The fourth-order valence-corrected chi connectivity index (χ4v) is 4.70. The third-order valence-corrected chi connectivity index (χ3v) is 6.49. The lowest BCUT2D eigenvalue weighted by atomic mass is 10.0. The SMILES string of the molecule is COc1cc2c(cc1OC)S(=O)C(C)(C)c1snnc1-2. The summed E-state index contributed by atoms with van der Waals surface area (Å²) in [7, 11) is 1.95. The molecular weight excluding hydrogens is 296 g/mol. The summed E-state index contributed by atoms with van der Waals surface area (Å²) in [6.45, 7) is 3.89. The van der Waals surface area contributed by atoms with Crippen molar-refractivity contribution in [3.63, 3.8) is 0 Å². The second kappa shape index (κ2) is 4.53. The summed E-state index contributed by atoms with van der Waals surface area (Å²) in [6, 6.07) is 3.59. The molecule has 0 amide bonds. The largest absolute Gasteiger partial charge is 0.493 e. The average Bonchev–Trinajstić information content (AvgIpc) is 2.94. The van der Waals surface area contributed by atoms with Gasteiger partial charge in [-0.25, -0.2) is 0 Å². The number of methoxy groups -OCH3 is 2. The standard InChI is InChI=1S/C13H14N2O3S2/c1-13(2)12-11(14-15-19-12)7-5-8(17-3)9(18-4)6-10(7)20(13)16/h5-6H,1-4H3. The highest BCUT2D eigenvalue weighted by molar-refractivity contribution is 7.86. The van der Waals surface area contributed by atoms with Crippen LogP contribution in [0.3, 0.4) is 0 Å². The van der Waals surface area contributed by atoms with E-state index in [4.69, 9.17) is 9.47 Å². The third-order valence-electron chi connectivity index (χ3n) is 3.44. The normalized spacial score (nSPS) is 19.1. The Labute approximate surface area is 123 Å². The molecule has 0 saturated heterocycles. The van der Waals surface area contributed by atoms with Crippen LogP contribution in [0, 0.1) is 0 Å². The van der Waals surface area contributed by atoms with Crippen LogP contribution in [0.4, 0.5) is 0 Å². The van der Waals surface area contributed by atoms with E-state index in [9.17, 15) is 4.21 Å². The second-order valence-corrected chi connectivity index (χ2v) is 7.69. The lowest BCUT2D eigenvalue weighted by Crippen LogP contribution is -2.27. The fraction of sp³-hybridized carbons (Fsp3) is 0.385. The van der Waals surface area contributed by atoms with Gasteiger partial charge in [-0.2, -0.15) is 0 Å². The lowest BCUT2D eigenvalue weighted by molar-refractivity contribution is 0.354. The highest BCUT2D eigenvalue weighted by Gasteiger charge is 2.41. The third kappa shape index (κ3) is 1.69. The topological polar surface area (TPSA) is 61.3 Å². The molecule has 0 saturated carbocycles. The van der Waals surface area contributed by atoms with E-state index in [1.165, 1.54) is 11.5 Å². The summed E-state index contributed by atoms with van der Waals surface area (Å²) < 4.78 is 27.0.